The van der Waals surface area contributed by atoms with Crippen LogP contribution in [0.1, 0.15) is 18.1 Å². The van der Waals surface area contributed by atoms with E-state index in [1.165, 1.54) is 0 Å². The molecular formula is C23H26N2O5. The van der Waals surface area contributed by atoms with Gasteiger partial charge in [-0.2, -0.15) is 0 Å². The fourth-order valence-electron chi connectivity index (χ4n) is 3.47. The van der Waals surface area contributed by atoms with Crippen LogP contribution >= 0.6 is 0 Å². The maximum atomic E-state index is 11.2. The number of aromatic nitrogens is 1. The fourth-order valence-corrected chi connectivity index (χ4v) is 3.47. The van der Waals surface area contributed by atoms with Crippen LogP contribution in [0.3, 0.4) is 0 Å². The maximum absolute atomic E-state index is 11.2. The smallest absolute Gasteiger partial charge is 0.320 e. The molecule has 30 heavy (non-hydrogen) atoms. The Morgan fingerprint density at radius 1 is 1.17 bits per heavy atom. The summed E-state index contributed by atoms with van der Waals surface area (Å²) < 4.78 is 16.9. The minimum absolute atomic E-state index is 0.208. The first kappa shape index (κ1) is 21.5. The van der Waals surface area contributed by atoms with E-state index in [1.54, 1.807) is 20.4 Å². The second-order valence-corrected chi connectivity index (χ2v) is 6.83. The number of fused-ring (bicyclic) bond motifs is 1. The van der Waals surface area contributed by atoms with Crippen molar-refractivity contribution in [2.75, 3.05) is 20.8 Å². The predicted molar refractivity (Wildman–Crippen MR) is 115 cm³/mol. The third-order valence-electron chi connectivity index (χ3n) is 4.92. The number of carboxylic acids is 1. The Hall–Kier alpha value is -3.16. The molecule has 2 aromatic carbocycles. The molecule has 3 rings (SSSR count). The lowest BCUT2D eigenvalue weighted by atomic mass is 9.94. The molecule has 0 saturated carbocycles. The molecule has 0 fully saturated rings. The lowest BCUT2D eigenvalue weighted by molar-refractivity contribution is -0.138. The Morgan fingerprint density at radius 2 is 1.87 bits per heavy atom. The number of nitrogens with two attached hydrogens (primary N) is 1. The number of rotatable bonds is 9. The molecule has 7 heteroatoms. The van der Waals surface area contributed by atoms with Crippen molar-refractivity contribution in [2.24, 2.45) is 5.73 Å². The van der Waals surface area contributed by atoms with E-state index in [4.69, 9.17) is 19.9 Å². The number of carboxylic acid groups (broad SMARTS) is 1. The van der Waals surface area contributed by atoms with Crippen molar-refractivity contribution >= 4 is 16.9 Å². The Labute approximate surface area is 175 Å². The van der Waals surface area contributed by atoms with Crippen molar-refractivity contribution in [2.45, 2.75) is 26.0 Å². The number of ether oxygens (including phenoxy) is 3. The summed E-state index contributed by atoms with van der Waals surface area (Å²) in [5.41, 5.74) is 9.86. The lowest BCUT2D eigenvalue weighted by Crippen LogP contribution is -2.32. The average Bonchev–Trinajstić information content (AvgIpc) is 2.77. The van der Waals surface area contributed by atoms with Crippen molar-refractivity contribution in [3.63, 3.8) is 0 Å². The van der Waals surface area contributed by atoms with Crippen LogP contribution in [0, 0.1) is 0 Å². The Morgan fingerprint density at radius 3 is 2.47 bits per heavy atom. The summed E-state index contributed by atoms with van der Waals surface area (Å²) in [6.07, 6.45) is 1.91. The van der Waals surface area contributed by atoms with Crippen LogP contribution in [0.5, 0.6) is 11.5 Å². The van der Waals surface area contributed by atoms with Gasteiger partial charge in [0, 0.05) is 23.8 Å². The van der Waals surface area contributed by atoms with E-state index in [1.807, 2.05) is 43.3 Å². The first-order valence-electron chi connectivity index (χ1n) is 9.68. The molecule has 0 aliphatic heterocycles. The third kappa shape index (κ3) is 4.37. The molecule has 0 spiro atoms. The van der Waals surface area contributed by atoms with Crippen LogP contribution < -0.4 is 15.2 Å². The minimum atomic E-state index is -1.04. The van der Waals surface area contributed by atoms with Crippen LogP contribution in [0.4, 0.5) is 0 Å². The number of carbonyl (C=O) groups is 1. The van der Waals surface area contributed by atoms with Gasteiger partial charge in [-0.05, 0) is 42.7 Å². The van der Waals surface area contributed by atoms with Gasteiger partial charge in [-0.1, -0.05) is 18.2 Å². The average molecular weight is 410 g/mol. The van der Waals surface area contributed by atoms with Gasteiger partial charge in [0.25, 0.3) is 0 Å². The molecule has 0 aliphatic carbocycles. The topological polar surface area (TPSA) is 104 Å². The van der Waals surface area contributed by atoms with Gasteiger partial charge < -0.3 is 25.1 Å². The van der Waals surface area contributed by atoms with Crippen LogP contribution in [0.25, 0.3) is 22.0 Å². The van der Waals surface area contributed by atoms with Gasteiger partial charge in [-0.25, -0.2) is 0 Å². The first-order chi connectivity index (χ1) is 14.5. The molecule has 1 aromatic heterocycles. The van der Waals surface area contributed by atoms with Crippen LogP contribution in [0.15, 0.2) is 42.6 Å². The van der Waals surface area contributed by atoms with Crippen LogP contribution in [-0.2, 0) is 22.6 Å². The summed E-state index contributed by atoms with van der Waals surface area (Å²) in [5.74, 6) is 0.251. The SMILES string of the molecule is CCOCc1cc(OC)c(-c2ccc(C[C@H](N)C(=O)O)c3cccnc23)c(OC)c1. The van der Waals surface area contributed by atoms with Gasteiger partial charge in [-0.3, -0.25) is 9.78 Å². The van der Waals surface area contributed by atoms with Crippen molar-refractivity contribution in [3.05, 3.63) is 53.7 Å². The zero-order valence-electron chi connectivity index (χ0n) is 17.3. The summed E-state index contributed by atoms with van der Waals surface area (Å²) in [4.78, 5) is 15.8. The Balaban J connectivity index is 2.18. The number of methoxy groups -OCH3 is 2. The minimum Gasteiger partial charge on any atom is -0.496 e. The highest BCUT2D eigenvalue weighted by molar-refractivity contribution is 5.99. The number of aliphatic carboxylic acids is 1. The Kier molecular flexibility index (Phi) is 6.87. The molecule has 0 unspecified atom stereocenters. The zero-order valence-corrected chi connectivity index (χ0v) is 17.3. The van der Waals surface area contributed by atoms with Gasteiger partial charge in [0.05, 0.1) is 31.9 Å². The van der Waals surface area contributed by atoms with Gasteiger partial charge in [0.1, 0.15) is 17.5 Å². The van der Waals surface area contributed by atoms with E-state index >= 15 is 0 Å². The highest BCUT2D eigenvalue weighted by Crippen LogP contribution is 2.42. The standard InChI is InChI=1S/C23H26N2O5/c1-4-30-13-14-10-19(28-2)21(20(11-14)29-3)17-8-7-15(12-18(24)23(26)27)16-6-5-9-25-22(16)17/h5-11,18H,4,12-13,24H2,1-3H3,(H,26,27)/t18-/m0/s1. The molecule has 1 atom stereocenters. The molecule has 1 heterocycles. The maximum Gasteiger partial charge on any atom is 0.320 e. The summed E-state index contributed by atoms with van der Waals surface area (Å²) in [6, 6.07) is 10.4. The second kappa shape index (κ2) is 9.56. The van der Waals surface area contributed by atoms with Crippen molar-refractivity contribution < 1.29 is 24.1 Å². The van der Waals surface area contributed by atoms with Gasteiger partial charge in [0.2, 0.25) is 0 Å². The predicted octanol–water partition coefficient (Wildman–Crippen LogP) is 3.41. The molecule has 3 N–H and O–H groups in total. The molecule has 0 amide bonds. The fraction of sp³-hybridized carbons (Fsp3) is 0.304. The van der Waals surface area contributed by atoms with E-state index in [2.05, 4.69) is 4.98 Å². The normalized spacial score (nSPS) is 12.0. The molecule has 0 bridgehead atoms. The molecule has 0 saturated heterocycles. The summed E-state index contributed by atoms with van der Waals surface area (Å²) in [7, 11) is 3.22. The van der Waals surface area contributed by atoms with E-state index < -0.39 is 12.0 Å². The van der Waals surface area contributed by atoms with E-state index in [-0.39, 0.29) is 6.42 Å². The van der Waals surface area contributed by atoms with Gasteiger partial charge >= 0.3 is 5.97 Å². The number of hydrogen-bond donors (Lipinski definition) is 2. The monoisotopic (exact) mass is 410 g/mol. The van der Waals surface area contributed by atoms with Crippen molar-refractivity contribution in [1.82, 2.24) is 4.98 Å². The third-order valence-corrected chi connectivity index (χ3v) is 4.92. The molecule has 3 aromatic rings. The van der Waals surface area contributed by atoms with E-state index in [9.17, 15) is 9.90 Å². The highest BCUT2D eigenvalue weighted by atomic mass is 16.5. The number of nitrogens with zero attached hydrogens (tertiary/aromatic N) is 1. The highest BCUT2D eigenvalue weighted by Gasteiger charge is 2.20. The summed E-state index contributed by atoms with van der Waals surface area (Å²) >= 11 is 0. The Bertz CT molecular complexity index is 1030. The number of hydrogen-bond acceptors (Lipinski definition) is 6. The van der Waals surface area contributed by atoms with E-state index in [0.717, 1.165) is 33.2 Å². The largest absolute Gasteiger partial charge is 0.496 e. The number of benzene rings is 2. The van der Waals surface area contributed by atoms with Crippen molar-refractivity contribution in [1.29, 1.82) is 0 Å². The van der Waals surface area contributed by atoms with Crippen LogP contribution in [-0.4, -0.2) is 42.9 Å². The summed E-state index contributed by atoms with van der Waals surface area (Å²) in [5, 5.41) is 10.0. The van der Waals surface area contributed by atoms with Crippen LogP contribution in [0.2, 0.25) is 0 Å². The lowest BCUT2D eigenvalue weighted by Gasteiger charge is -2.18. The quantitative estimate of drug-likeness (QED) is 0.557. The van der Waals surface area contributed by atoms with Gasteiger partial charge in [0.15, 0.2) is 0 Å². The summed E-state index contributed by atoms with van der Waals surface area (Å²) in [6.45, 7) is 3.01. The second-order valence-electron chi connectivity index (χ2n) is 6.83. The molecule has 158 valence electrons. The van der Waals surface area contributed by atoms with Gasteiger partial charge in [-0.15, -0.1) is 0 Å². The zero-order chi connectivity index (χ0) is 21.7. The number of pyridine rings is 1. The first-order valence-corrected chi connectivity index (χ1v) is 9.68. The van der Waals surface area contributed by atoms with Crippen molar-refractivity contribution in [3.8, 4) is 22.6 Å². The molecule has 7 nitrogen and oxygen atoms in total. The van der Waals surface area contributed by atoms with E-state index in [0.29, 0.717) is 24.7 Å². The molecule has 0 aliphatic rings. The molecular weight excluding hydrogens is 384 g/mol. The molecule has 0 radical (unpaired) electrons.